The minimum Gasteiger partial charge on any atom is -0.336 e. The Morgan fingerprint density at radius 3 is 2.73 bits per heavy atom. The van der Waals surface area contributed by atoms with E-state index in [1.165, 1.54) is 38.5 Å². The number of carbonyl (C=O) groups excluding carboxylic acids is 1. The number of amides is 2. The van der Waals surface area contributed by atoms with E-state index in [0.29, 0.717) is 5.92 Å². The van der Waals surface area contributed by atoms with Crippen molar-refractivity contribution in [2.45, 2.75) is 64.3 Å². The van der Waals surface area contributed by atoms with Crippen molar-refractivity contribution in [2.75, 3.05) is 33.7 Å². The van der Waals surface area contributed by atoms with E-state index >= 15 is 0 Å². The van der Waals surface area contributed by atoms with Crippen molar-refractivity contribution in [3.05, 3.63) is 0 Å². The number of nitrogens with zero attached hydrogens (tertiary/aromatic N) is 2. The minimum absolute atomic E-state index is 0.146. The fourth-order valence-electron chi connectivity index (χ4n) is 4.29. The lowest BCUT2D eigenvalue weighted by atomic mass is 9.75. The fraction of sp³-hybridized carbons (Fsp3) is 0.944. The summed E-state index contributed by atoms with van der Waals surface area (Å²) in [7, 11) is 4.33. The lowest BCUT2D eigenvalue weighted by molar-refractivity contribution is 0.0741. The zero-order chi connectivity index (χ0) is 16.2. The number of hydrogen-bond donors (Lipinski definition) is 1. The summed E-state index contributed by atoms with van der Waals surface area (Å²) in [5.74, 6) is 1.45. The van der Waals surface area contributed by atoms with Gasteiger partial charge in [-0.15, -0.1) is 0 Å². The van der Waals surface area contributed by atoms with Gasteiger partial charge in [0.1, 0.15) is 0 Å². The van der Waals surface area contributed by atoms with Gasteiger partial charge in [0, 0.05) is 25.2 Å². The van der Waals surface area contributed by atoms with Crippen LogP contribution in [-0.2, 0) is 0 Å². The molecule has 3 atom stereocenters. The average molecular weight is 309 g/mol. The van der Waals surface area contributed by atoms with Crippen LogP contribution in [0.25, 0.3) is 0 Å². The second-order valence-electron chi connectivity index (χ2n) is 7.84. The van der Waals surface area contributed by atoms with E-state index in [4.69, 9.17) is 0 Å². The van der Waals surface area contributed by atoms with Crippen molar-refractivity contribution < 1.29 is 4.79 Å². The van der Waals surface area contributed by atoms with Gasteiger partial charge < -0.3 is 15.1 Å². The standard InChI is InChI=1S/C18H35N3O/c1-5-16-9-7-11-21(13-16)17(22)19-14-18(20(3)4)10-6-8-15(2)12-18/h15-16H,5-14H2,1-4H3,(H,19,22). The molecule has 22 heavy (non-hydrogen) atoms. The fourth-order valence-corrected chi connectivity index (χ4v) is 4.29. The first-order valence-corrected chi connectivity index (χ1v) is 9.17. The maximum Gasteiger partial charge on any atom is 0.317 e. The van der Waals surface area contributed by atoms with Gasteiger partial charge in [-0.2, -0.15) is 0 Å². The normalized spacial score (nSPS) is 33.0. The molecule has 128 valence electrons. The number of piperidine rings is 1. The van der Waals surface area contributed by atoms with Crippen LogP contribution in [0.15, 0.2) is 0 Å². The summed E-state index contributed by atoms with van der Waals surface area (Å²) in [5.41, 5.74) is 0.146. The molecule has 0 bridgehead atoms. The molecule has 2 rings (SSSR count). The first kappa shape index (κ1) is 17.6. The van der Waals surface area contributed by atoms with Crippen LogP contribution in [0.2, 0.25) is 0 Å². The van der Waals surface area contributed by atoms with E-state index in [1.807, 2.05) is 4.90 Å². The van der Waals surface area contributed by atoms with E-state index in [1.54, 1.807) is 0 Å². The van der Waals surface area contributed by atoms with E-state index in [2.05, 4.69) is 38.2 Å². The molecule has 0 aromatic carbocycles. The largest absolute Gasteiger partial charge is 0.336 e. The Bertz CT molecular complexity index is 371. The lowest BCUT2D eigenvalue weighted by Crippen LogP contribution is -2.57. The molecule has 4 heteroatoms. The summed E-state index contributed by atoms with van der Waals surface area (Å²) in [6.07, 6.45) is 8.61. The Kier molecular flexibility index (Phi) is 6.13. The Morgan fingerprint density at radius 1 is 1.32 bits per heavy atom. The number of likely N-dealkylation sites (N-methyl/N-ethyl adjacent to an activating group) is 1. The van der Waals surface area contributed by atoms with Crippen LogP contribution in [-0.4, -0.2) is 55.1 Å². The Balaban J connectivity index is 1.90. The van der Waals surface area contributed by atoms with Crippen molar-refractivity contribution in [2.24, 2.45) is 11.8 Å². The molecule has 0 spiro atoms. The van der Waals surface area contributed by atoms with Crippen LogP contribution in [0, 0.1) is 11.8 Å². The van der Waals surface area contributed by atoms with Crippen molar-refractivity contribution in [1.29, 1.82) is 0 Å². The second-order valence-corrected chi connectivity index (χ2v) is 7.84. The van der Waals surface area contributed by atoms with E-state index in [0.717, 1.165) is 32.0 Å². The van der Waals surface area contributed by atoms with Gasteiger partial charge in [0.15, 0.2) is 0 Å². The summed E-state index contributed by atoms with van der Waals surface area (Å²) < 4.78 is 0. The molecule has 1 aliphatic carbocycles. The predicted molar refractivity (Wildman–Crippen MR) is 92.0 cm³/mol. The van der Waals surface area contributed by atoms with Crippen LogP contribution in [0.3, 0.4) is 0 Å². The van der Waals surface area contributed by atoms with Crippen molar-refractivity contribution in [1.82, 2.24) is 15.1 Å². The number of nitrogens with one attached hydrogen (secondary N) is 1. The maximum absolute atomic E-state index is 12.5. The van der Waals surface area contributed by atoms with Crippen LogP contribution in [0.1, 0.15) is 58.8 Å². The summed E-state index contributed by atoms with van der Waals surface area (Å²) in [4.78, 5) is 16.9. The van der Waals surface area contributed by atoms with Crippen molar-refractivity contribution in [3.8, 4) is 0 Å². The molecule has 1 heterocycles. The molecule has 3 unspecified atom stereocenters. The van der Waals surface area contributed by atoms with E-state index in [-0.39, 0.29) is 11.6 Å². The quantitative estimate of drug-likeness (QED) is 0.864. The highest BCUT2D eigenvalue weighted by atomic mass is 16.2. The summed E-state index contributed by atoms with van der Waals surface area (Å²) in [5, 5.41) is 3.25. The smallest absolute Gasteiger partial charge is 0.317 e. The van der Waals surface area contributed by atoms with Gasteiger partial charge in [0.05, 0.1) is 0 Å². The molecule has 1 saturated carbocycles. The Labute approximate surface area is 136 Å². The van der Waals surface area contributed by atoms with Crippen LogP contribution >= 0.6 is 0 Å². The molecule has 2 fully saturated rings. The molecule has 1 aliphatic heterocycles. The molecule has 1 saturated heterocycles. The van der Waals surface area contributed by atoms with E-state index < -0.39 is 0 Å². The zero-order valence-corrected chi connectivity index (χ0v) is 15.0. The average Bonchev–Trinajstić information content (AvgIpc) is 2.52. The topological polar surface area (TPSA) is 35.6 Å². The van der Waals surface area contributed by atoms with Gasteiger partial charge in [-0.3, -0.25) is 0 Å². The summed E-state index contributed by atoms with van der Waals surface area (Å²) in [6.45, 7) is 7.23. The Hall–Kier alpha value is -0.770. The first-order valence-electron chi connectivity index (χ1n) is 9.17. The van der Waals surface area contributed by atoms with Gasteiger partial charge in [0.25, 0.3) is 0 Å². The molecule has 0 aromatic rings. The molecular weight excluding hydrogens is 274 g/mol. The monoisotopic (exact) mass is 309 g/mol. The Morgan fingerprint density at radius 2 is 2.09 bits per heavy atom. The molecule has 0 radical (unpaired) electrons. The molecule has 1 N–H and O–H groups in total. The van der Waals surface area contributed by atoms with E-state index in [9.17, 15) is 4.79 Å². The van der Waals surface area contributed by atoms with Crippen LogP contribution < -0.4 is 5.32 Å². The minimum atomic E-state index is 0.146. The van der Waals surface area contributed by atoms with Gasteiger partial charge >= 0.3 is 6.03 Å². The number of carbonyl (C=O) groups is 1. The second kappa shape index (κ2) is 7.67. The molecule has 0 aromatic heterocycles. The summed E-state index contributed by atoms with van der Waals surface area (Å²) >= 11 is 0. The molecule has 2 aliphatic rings. The van der Waals surface area contributed by atoms with Gasteiger partial charge in [-0.05, 0) is 51.6 Å². The SMILES string of the molecule is CCC1CCCN(C(=O)NCC2(N(C)C)CCCC(C)C2)C1. The van der Waals surface area contributed by atoms with Crippen molar-refractivity contribution >= 4 is 6.03 Å². The molecule has 4 nitrogen and oxygen atoms in total. The third kappa shape index (κ3) is 4.15. The highest BCUT2D eigenvalue weighted by molar-refractivity contribution is 5.74. The first-order chi connectivity index (χ1) is 10.5. The lowest BCUT2D eigenvalue weighted by Gasteiger charge is -2.45. The highest BCUT2D eigenvalue weighted by Crippen LogP contribution is 2.35. The van der Waals surface area contributed by atoms with Gasteiger partial charge in [-0.1, -0.05) is 33.1 Å². The van der Waals surface area contributed by atoms with Gasteiger partial charge in [0.2, 0.25) is 0 Å². The maximum atomic E-state index is 12.5. The predicted octanol–water partition coefficient (Wildman–Crippen LogP) is 3.33. The summed E-state index contributed by atoms with van der Waals surface area (Å²) in [6, 6.07) is 0.151. The number of likely N-dealkylation sites (tertiary alicyclic amines) is 1. The van der Waals surface area contributed by atoms with Crippen LogP contribution in [0.4, 0.5) is 4.79 Å². The third-order valence-corrected chi connectivity index (χ3v) is 5.97. The van der Waals surface area contributed by atoms with Crippen LogP contribution in [0.5, 0.6) is 0 Å². The third-order valence-electron chi connectivity index (χ3n) is 5.97. The molecular formula is C18H35N3O. The molecule has 2 amide bonds. The zero-order valence-electron chi connectivity index (χ0n) is 15.0. The number of urea groups is 1. The number of hydrogen-bond acceptors (Lipinski definition) is 2. The highest BCUT2D eigenvalue weighted by Gasteiger charge is 2.37. The number of rotatable bonds is 4. The van der Waals surface area contributed by atoms with Crippen molar-refractivity contribution in [3.63, 3.8) is 0 Å². The van der Waals surface area contributed by atoms with Gasteiger partial charge in [-0.25, -0.2) is 4.79 Å².